The van der Waals surface area contributed by atoms with Gasteiger partial charge in [-0.1, -0.05) is 0 Å². The van der Waals surface area contributed by atoms with E-state index < -0.39 is 4.92 Å². The zero-order valence-electron chi connectivity index (χ0n) is 12.5. The van der Waals surface area contributed by atoms with E-state index in [9.17, 15) is 14.9 Å². The molecular weight excluding hydrogens is 292 g/mol. The van der Waals surface area contributed by atoms with Gasteiger partial charge in [-0.2, -0.15) is 0 Å². The molecule has 1 aromatic heterocycles. The fourth-order valence-corrected chi connectivity index (χ4v) is 2.27. The highest BCUT2D eigenvalue weighted by atomic mass is 16.6. The van der Waals surface area contributed by atoms with Gasteiger partial charge in [0.1, 0.15) is 6.33 Å². The van der Waals surface area contributed by atoms with Gasteiger partial charge in [-0.15, -0.1) is 0 Å². The van der Waals surface area contributed by atoms with Gasteiger partial charge in [-0.05, 0) is 6.92 Å². The summed E-state index contributed by atoms with van der Waals surface area (Å²) in [6.07, 6.45) is 0.918. The Labute approximate surface area is 127 Å². The van der Waals surface area contributed by atoms with E-state index in [1.807, 2.05) is 0 Å². The second kappa shape index (κ2) is 6.87. The molecule has 1 amide bonds. The minimum atomic E-state index is -0.501. The molecule has 1 aromatic rings. The van der Waals surface area contributed by atoms with Crippen LogP contribution in [0.1, 0.15) is 6.92 Å². The molecule has 0 bridgehead atoms. The standard InChI is InChI=1S/C12H18N6O4/c1-3-22-12(19)17-6-4-16(5-7-17)11-9(18(20)21)10(13-2)14-8-15-11/h8H,3-7H2,1-2H3,(H,13,14,15). The molecule has 2 heterocycles. The van der Waals surface area contributed by atoms with Crippen LogP contribution < -0.4 is 10.2 Å². The minimum absolute atomic E-state index is 0.158. The van der Waals surface area contributed by atoms with Gasteiger partial charge in [-0.3, -0.25) is 10.1 Å². The predicted octanol–water partition coefficient (Wildman–Crippen LogP) is 0.705. The van der Waals surface area contributed by atoms with Gasteiger partial charge < -0.3 is 19.9 Å². The Morgan fingerprint density at radius 2 is 2.09 bits per heavy atom. The first-order valence-electron chi connectivity index (χ1n) is 6.92. The van der Waals surface area contributed by atoms with E-state index in [4.69, 9.17) is 4.74 Å². The van der Waals surface area contributed by atoms with Gasteiger partial charge in [0.05, 0.1) is 11.5 Å². The second-order valence-corrected chi connectivity index (χ2v) is 4.57. The van der Waals surface area contributed by atoms with Crippen molar-refractivity contribution in [3.05, 3.63) is 16.4 Å². The molecule has 1 aliphatic rings. The summed E-state index contributed by atoms with van der Waals surface area (Å²) in [6.45, 7) is 3.81. The maximum Gasteiger partial charge on any atom is 0.409 e. The van der Waals surface area contributed by atoms with Gasteiger partial charge in [0.25, 0.3) is 0 Å². The fraction of sp³-hybridized carbons (Fsp3) is 0.583. The third-order valence-electron chi connectivity index (χ3n) is 3.33. The van der Waals surface area contributed by atoms with Crippen LogP contribution in [0.4, 0.5) is 22.1 Å². The Morgan fingerprint density at radius 3 is 2.64 bits per heavy atom. The van der Waals surface area contributed by atoms with Crippen LogP contribution in [-0.4, -0.2) is 65.7 Å². The zero-order valence-corrected chi connectivity index (χ0v) is 12.5. The highest BCUT2D eigenvalue weighted by Gasteiger charge is 2.30. The topological polar surface area (TPSA) is 114 Å². The molecule has 1 fully saturated rings. The fourth-order valence-electron chi connectivity index (χ4n) is 2.27. The summed E-state index contributed by atoms with van der Waals surface area (Å²) >= 11 is 0. The van der Waals surface area contributed by atoms with Crippen LogP contribution in [0.3, 0.4) is 0 Å². The molecule has 10 heteroatoms. The van der Waals surface area contributed by atoms with Crippen LogP contribution in [0.5, 0.6) is 0 Å². The van der Waals surface area contributed by atoms with E-state index in [2.05, 4.69) is 15.3 Å². The van der Waals surface area contributed by atoms with E-state index in [1.165, 1.54) is 6.33 Å². The summed E-state index contributed by atoms with van der Waals surface area (Å²) in [7, 11) is 1.57. The number of nitrogens with zero attached hydrogens (tertiary/aromatic N) is 5. The molecule has 0 aromatic carbocycles. The van der Waals surface area contributed by atoms with Crippen molar-refractivity contribution in [2.75, 3.05) is 50.1 Å². The molecule has 0 unspecified atom stereocenters. The highest BCUT2D eigenvalue weighted by Crippen LogP contribution is 2.31. The summed E-state index contributed by atoms with van der Waals surface area (Å²) in [5, 5.41) is 14.0. The highest BCUT2D eigenvalue weighted by molar-refractivity contribution is 5.71. The lowest BCUT2D eigenvalue weighted by Crippen LogP contribution is -2.49. The van der Waals surface area contributed by atoms with Gasteiger partial charge >= 0.3 is 11.8 Å². The first-order chi connectivity index (χ1) is 10.6. The molecule has 1 aliphatic heterocycles. The molecule has 120 valence electrons. The first-order valence-corrected chi connectivity index (χ1v) is 6.92. The third kappa shape index (κ3) is 3.15. The van der Waals surface area contributed by atoms with Crippen LogP contribution in [0.25, 0.3) is 0 Å². The number of nitro groups is 1. The third-order valence-corrected chi connectivity index (χ3v) is 3.33. The van der Waals surface area contributed by atoms with Gasteiger partial charge in [0.2, 0.25) is 11.6 Å². The lowest BCUT2D eigenvalue weighted by Gasteiger charge is -2.34. The molecule has 0 aliphatic carbocycles. The average molecular weight is 310 g/mol. The zero-order chi connectivity index (χ0) is 16.1. The van der Waals surface area contributed by atoms with Crippen LogP contribution in [0.15, 0.2) is 6.33 Å². The van der Waals surface area contributed by atoms with E-state index in [0.717, 1.165) is 0 Å². The Balaban J connectivity index is 2.15. The van der Waals surface area contributed by atoms with Crippen LogP contribution in [-0.2, 0) is 4.74 Å². The Morgan fingerprint density at radius 1 is 1.41 bits per heavy atom. The number of amides is 1. The maximum absolute atomic E-state index is 11.7. The normalized spacial score (nSPS) is 14.6. The van der Waals surface area contributed by atoms with Crippen LogP contribution >= 0.6 is 0 Å². The monoisotopic (exact) mass is 310 g/mol. The number of anilines is 2. The molecule has 1 saturated heterocycles. The van der Waals surface area contributed by atoms with E-state index in [1.54, 1.807) is 23.8 Å². The number of ether oxygens (including phenoxy) is 1. The van der Waals surface area contributed by atoms with Crippen molar-refractivity contribution in [2.45, 2.75) is 6.92 Å². The van der Waals surface area contributed by atoms with Crippen molar-refractivity contribution in [3.63, 3.8) is 0 Å². The number of rotatable bonds is 4. The van der Waals surface area contributed by atoms with Crippen molar-refractivity contribution in [1.29, 1.82) is 0 Å². The van der Waals surface area contributed by atoms with Gasteiger partial charge in [0.15, 0.2) is 0 Å². The Kier molecular flexibility index (Phi) is 4.92. The molecule has 0 radical (unpaired) electrons. The smallest absolute Gasteiger partial charge is 0.409 e. The lowest BCUT2D eigenvalue weighted by atomic mass is 10.3. The summed E-state index contributed by atoms with van der Waals surface area (Å²) in [4.78, 5) is 33.7. The van der Waals surface area contributed by atoms with Crippen molar-refractivity contribution in [2.24, 2.45) is 0 Å². The second-order valence-electron chi connectivity index (χ2n) is 4.57. The maximum atomic E-state index is 11.7. The summed E-state index contributed by atoms with van der Waals surface area (Å²) in [5.74, 6) is 0.427. The first kappa shape index (κ1) is 15.7. The molecule has 10 nitrogen and oxygen atoms in total. The van der Waals surface area contributed by atoms with E-state index >= 15 is 0 Å². The van der Waals surface area contributed by atoms with Crippen molar-refractivity contribution >= 4 is 23.4 Å². The van der Waals surface area contributed by atoms with Crippen molar-refractivity contribution in [1.82, 2.24) is 14.9 Å². The summed E-state index contributed by atoms with van der Waals surface area (Å²) in [5.41, 5.74) is -0.158. The predicted molar refractivity (Wildman–Crippen MR) is 79.0 cm³/mol. The van der Waals surface area contributed by atoms with E-state index in [-0.39, 0.29) is 23.4 Å². The number of hydrogen-bond donors (Lipinski definition) is 1. The molecule has 0 saturated carbocycles. The van der Waals surface area contributed by atoms with Crippen LogP contribution in [0, 0.1) is 10.1 Å². The number of aromatic nitrogens is 2. The lowest BCUT2D eigenvalue weighted by molar-refractivity contribution is -0.383. The molecule has 1 N–H and O–H groups in total. The minimum Gasteiger partial charge on any atom is -0.450 e. The molecule has 0 spiro atoms. The summed E-state index contributed by atoms with van der Waals surface area (Å²) in [6, 6.07) is 0. The molecular formula is C12H18N6O4. The molecule has 2 rings (SSSR count). The van der Waals surface area contributed by atoms with Crippen molar-refractivity contribution < 1.29 is 14.5 Å². The number of carbonyl (C=O) groups excluding carboxylic acids is 1. The molecule has 0 atom stereocenters. The average Bonchev–Trinajstić information content (AvgIpc) is 2.54. The van der Waals surface area contributed by atoms with Crippen molar-refractivity contribution in [3.8, 4) is 0 Å². The number of nitrogens with one attached hydrogen (secondary N) is 1. The van der Waals surface area contributed by atoms with Gasteiger partial charge in [-0.25, -0.2) is 14.8 Å². The van der Waals surface area contributed by atoms with Gasteiger partial charge in [0, 0.05) is 33.2 Å². The quantitative estimate of drug-likeness (QED) is 0.638. The number of carbonyl (C=O) groups is 1. The Hall–Kier alpha value is -2.65. The summed E-state index contributed by atoms with van der Waals surface area (Å²) < 4.78 is 4.95. The molecule has 22 heavy (non-hydrogen) atoms. The number of piperazine rings is 1. The Bertz CT molecular complexity index is 559. The number of hydrogen-bond acceptors (Lipinski definition) is 8. The van der Waals surface area contributed by atoms with E-state index in [0.29, 0.717) is 32.8 Å². The van der Waals surface area contributed by atoms with Crippen LogP contribution in [0.2, 0.25) is 0 Å². The SMILES string of the molecule is CCOC(=O)N1CCN(c2ncnc(NC)c2[N+](=O)[O-])CC1. The largest absolute Gasteiger partial charge is 0.450 e.